The zero-order chi connectivity index (χ0) is 14.9. The van der Waals surface area contributed by atoms with Gasteiger partial charge in [-0.25, -0.2) is 8.78 Å². The SMILES string of the molecule is Cc1cc(C(F)=C(F)F)c(C)c(C(F)=C(F)F)c1C. The van der Waals surface area contributed by atoms with Crippen LogP contribution in [-0.4, -0.2) is 0 Å². The van der Waals surface area contributed by atoms with E-state index >= 15 is 0 Å². The van der Waals surface area contributed by atoms with Crippen molar-refractivity contribution in [3.8, 4) is 0 Å². The fourth-order valence-corrected chi connectivity index (χ4v) is 1.80. The second kappa shape index (κ2) is 5.50. The van der Waals surface area contributed by atoms with Crippen molar-refractivity contribution in [1.82, 2.24) is 0 Å². The van der Waals surface area contributed by atoms with Gasteiger partial charge < -0.3 is 0 Å². The molecule has 6 heteroatoms. The second-order valence-electron chi connectivity index (χ2n) is 4.01. The number of halogens is 6. The minimum Gasteiger partial charge on any atom is -0.200 e. The molecule has 0 N–H and O–H groups in total. The lowest BCUT2D eigenvalue weighted by Crippen LogP contribution is -1.99. The molecular formula is C13H10F6. The Morgan fingerprint density at radius 1 is 0.737 bits per heavy atom. The van der Waals surface area contributed by atoms with E-state index in [1.54, 1.807) is 0 Å². The smallest absolute Gasteiger partial charge is 0.200 e. The van der Waals surface area contributed by atoms with E-state index in [0.717, 1.165) is 13.0 Å². The summed E-state index contributed by atoms with van der Waals surface area (Å²) in [6.07, 6.45) is -5.16. The molecule has 104 valence electrons. The zero-order valence-corrected chi connectivity index (χ0v) is 10.3. The van der Waals surface area contributed by atoms with Gasteiger partial charge in [-0.3, -0.25) is 0 Å². The molecular weight excluding hydrogens is 270 g/mol. The van der Waals surface area contributed by atoms with Crippen LogP contribution in [0.3, 0.4) is 0 Å². The Hall–Kier alpha value is -1.72. The lowest BCUT2D eigenvalue weighted by molar-refractivity contribution is 0.410. The third-order valence-electron chi connectivity index (χ3n) is 2.89. The zero-order valence-electron chi connectivity index (χ0n) is 10.3. The van der Waals surface area contributed by atoms with Gasteiger partial charge in [0.2, 0.25) is 0 Å². The Bertz CT molecular complexity index is 575. The highest BCUT2D eigenvalue weighted by Gasteiger charge is 2.21. The maximum Gasteiger partial charge on any atom is 0.306 e. The molecule has 0 fully saturated rings. The molecule has 19 heavy (non-hydrogen) atoms. The number of benzene rings is 1. The number of hydrogen-bond acceptors (Lipinski definition) is 0. The van der Waals surface area contributed by atoms with Crippen LogP contribution in [0.1, 0.15) is 27.8 Å². The van der Waals surface area contributed by atoms with Crippen LogP contribution in [0.25, 0.3) is 11.7 Å². The van der Waals surface area contributed by atoms with Gasteiger partial charge in [0.05, 0.1) is 0 Å². The maximum atomic E-state index is 13.4. The average Bonchev–Trinajstić information content (AvgIpc) is 2.32. The normalized spacial score (nSPS) is 10.4. The largest absolute Gasteiger partial charge is 0.306 e. The third-order valence-corrected chi connectivity index (χ3v) is 2.89. The summed E-state index contributed by atoms with van der Waals surface area (Å²) in [5.41, 5.74) is -1.04. The molecule has 1 aromatic carbocycles. The Balaban J connectivity index is 3.77. The van der Waals surface area contributed by atoms with Crippen molar-refractivity contribution in [2.24, 2.45) is 0 Å². The van der Waals surface area contributed by atoms with Crippen molar-refractivity contribution in [3.05, 3.63) is 46.0 Å². The third kappa shape index (κ3) is 2.83. The topological polar surface area (TPSA) is 0 Å². The molecule has 0 saturated carbocycles. The van der Waals surface area contributed by atoms with Gasteiger partial charge in [-0.15, -0.1) is 0 Å². The molecule has 1 rings (SSSR count). The number of rotatable bonds is 2. The molecule has 0 atom stereocenters. The first kappa shape index (κ1) is 15.3. The molecule has 0 saturated heterocycles. The van der Waals surface area contributed by atoms with Crippen LogP contribution in [0.4, 0.5) is 26.3 Å². The predicted molar refractivity (Wildman–Crippen MR) is 61.1 cm³/mol. The van der Waals surface area contributed by atoms with E-state index < -0.39 is 34.9 Å². The van der Waals surface area contributed by atoms with Gasteiger partial charge in [0.25, 0.3) is 0 Å². The first-order chi connectivity index (χ1) is 8.68. The highest BCUT2D eigenvalue weighted by Crippen LogP contribution is 2.36. The van der Waals surface area contributed by atoms with Gasteiger partial charge in [0.15, 0.2) is 11.7 Å². The number of aryl methyl sites for hydroxylation is 1. The highest BCUT2D eigenvalue weighted by atomic mass is 19.3. The summed E-state index contributed by atoms with van der Waals surface area (Å²) in [7, 11) is 0. The monoisotopic (exact) mass is 280 g/mol. The van der Waals surface area contributed by atoms with Crippen LogP contribution >= 0.6 is 0 Å². The lowest BCUT2D eigenvalue weighted by atomic mass is 9.92. The van der Waals surface area contributed by atoms with Crippen LogP contribution in [0.5, 0.6) is 0 Å². The van der Waals surface area contributed by atoms with E-state index in [1.165, 1.54) is 13.8 Å². The van der Waals surface area contributed by atoms with E-state index in [9.17, 15) is 26.3 Å². The molecule has 0 amide bonds. The molecule has 0 aliphatic heterocycles. The van der Waals surface area contributed by atoms with E-state index in [1.807, 2.05) is 0 Å². The van der Waals surface area contributed by atoms with Crippen molar-refractivity contribution in [3.63, 3.8) is 0 Å². The molecule has 1 aromatic rings. The second-order valence-corrected chi connectivity index (χ2v) is 4.01. The first-order valence-electron chi connectivity index (χ1n) is 5.21. The summed E-state index contributed by atoms with van der Waals surface area (Å²) in [5, 5.41) is 0. The maximum absolute atomic E-state index is 13.4. The summed E-state index contributed by atoms with van der Waals surface area (Å²) < 4.78 is 75.9. The molecule has 0 radical (unpaired) electrons. The molecule has 0 aromatic heterocycles. The summed E-state index contributed by atoms with van der Waals surface area (Å²) in [6, 6.07) is 1.08. The lowest BCUT2D eigenvalue weighted by Gasteiger charge is -2.14. The molecule has 0 bridgehead atoms. The molecule has 0 nitrogen and oxygen atoms in total. The van der Waals surface area contributed by atoms with E-state index in [4.69, 9.17) is 0 Å². The minimum absolute atomic E-state index is 0.151. The quantitative estimate of drug-likeness (QED) is 0.611. The van der Waals surface area contributed by atoms with Crippen molar-refractivity contribution >= 4 is 11.7 Å². The van der Waals surface area contributed by atoms with Crippen molar-refractivity contribution in [2.45, 2.75) is 20.8 Å². The Kier molecular flexibility index (Phi) is 4.44. The predicted octanol–water partition coefficient (Wildman–Crippen LogP) is 5.68. The van der Waals surface area contributed by atoms with E-state index in [0.29, 0.717) is 0 Å². The van der Waals surface area contributed by atoms with Crippen molar-refractivity contribution in [1.29, 1.82) is 0 Å². The first-order valence-corrected chi connectivity index (χ1v) is 5.21. The Labute approximate surface area is 106 Å². The highest BCUT2D eigenvalue weighted by molar-refractivity contribution is 5.75. The summed E-state index contributed by atoms with van der Waals surface area (Å²) >= 11 is 0. The molecule has 0 unspecified atom stereocenters. The fraction of sp³-hybridized carbons (Fsp3) is 0.231. The number of hydrogen-bond donors (Lipinski definition) is 0. The van der Waals surface area contributed by atoms with Crippen LogP contribution < -0.4 is 0 Å². The van der Waals surface area contributed by atoms with Crippen LogP contribution in [-0.2, 0) is 0 Å². The van der Waals surface area contributed by atoms with Gasteiger partial charge in [-0.05, 0) is 43.5 Å². The van der Waals surface area contributed by atoms with Crippen molar-refractivity contribution < 1.29 is 26.3 Å². The Morgan fingerprint density at radius 2 is 1.21 bits per heavy atom. The van der Waals surface area contributed by atoms with Crippen molar-refractivity contribution in [2.75, 3.05) is 0 Å². The summed E-state index contributed by atoms with van der Waals surface area (Å²) in [4.78, 5) is 0. The van der Waals surface area contributed by atoms with Gasteiger partial charge in [0, 0.05) is 11.1 Å². The van der Waals surface area contributed by atoms with Crippen LogP contribution in [0.2, 0.25) is 0 Å². The van der Waals surface area contributed by atoms with Gasteiger partial charge in [-0.1, -0.05) is 0 Å². The molecule has 0 aliphatic rings. The fourth-order valence-electron chi connectivity index (χ4n) is 1.80. The van der Waals surface area contributed by atoms with Crippen LogP contribution in [0, 0.1) is 20.8 Å². The molecule has 0 aliphatic carbocycles. The molecule has 0 spiro atoms. The minimum atomic E-state index is -2.58. The van der Waals surface area contributed by atoms with E-state index in [2.05, 4.69) is 0 Å². The van der Waals surface area contributed by atoms with E-state index in [-0.39, 0.29) is 16.7 Å². The van der Waals surface area contributed by atoms with Gasteiger partial charge in [-0.2, -0.15) is 17.6 Å². The standard InChI is InChI=1S/C13H10F6/c1-5-4-8(10(14)12(16)17)7(3)9(6(5)2)11(15)13(18)19/h4H,1-3H3. The van der Waals surface area contributed by atoms with Crippen LogP contribution in [0.15, 0.2) is 18.2 Å². The van der Waals surface area contributed by atoms with Gasteiger partial charge in [0.1, 0.15) is 0 Å². The Morgan fingerprint density at radius 3 is 1.63 bits per heavy atom. The summed E-state index contributed by atoms with van der Waals surface area (Å²) in [6.45, 7) is 3.87. The summed E-state index contributed by atoms with van der Waals surface area (Å²) in [5.74, 6) is -3.67. The molecule has 0 heterocycles. The average molecular weight is 280 g/mol. The van der Waals surface area contributed by atoms with Gasteiger partial charge >= 0.3 is 12.2 Å².